The quantitative estimate of drug-likeness (QED) is 0.627. The van der Waals surface area contributed by atoms with E-state index in [4.69, 9.17) is 23.7 Å². The molecule has 9 heteroatoms. The van der Waals surface area contributed by atoms with Crippen LogP contribution in [0.5, 0.6) is 0 Å². The SMILES string of the molecule is CC(C)(C)OC(=O)N1[C@@H](C(O)[C@@]2(C(=O)OCc3ccccc3)C[C@H]3OCCC[C@H]3O2)COC1(C)C. The first-order valence-corrected chi connectivity index (χ1v) is 12.3. The average molecular weight is 492 g/mol. The van der Waals surface area contributed by atoms with E-state index < -0.39 is 41.1 Å². The molecule has 0 radical (unpaired) electrons. The molecule has 194 valence electrons. The fourth-order valence-corrected chi connectivity index (χ4v) is 5.08. The Labute approximate surface area is 206 Å². The lowest BCUT2D eigenvalue weighted by Crippen LogP contribution is -2.62. The molecule has 1 unspecified atom stereocenters. The molecular formula is C26H37NO8. The number of aliphatic hydroxyl groups excluding tert-OH is 1. The van der Waals surface area contributed by atoms with Crippen molar-refractivity contribution in [2.45, 2.75) is 102 Å². The number of ether oxygens (including phenoxy) is 5. The molecule has 1 aromatic rings. The number of fused-ring (bicyclic) bond motifs is 1. The van der Waals surface area contributed by atoms with Gasteiger partial charge in [-0.05, 0) is 53.0 Å². The van der Waals surface area contributed by atoms with Crippen molar-refractivity contribution in [1.29, 1.82) is 0 Å². The first kappa shape index (κ1) is 25.9. The van der Waals surface area contributed by atoms with Crippen LogP contribution in [-0.2, 0) is 35.1 Å². The Morgan fingerprint density at radius 1 is 1.20 bits per heavy atom. The summed E-state index contributed by atoms with van der Waals surface area (Å²) in [6, 6.07) is 8.42. The van der Waals surface area contributed by atoms with Crippen LogP contribution in [0, 0.1) is 0 Å². The molecule has 3 heterocycles. The molecule has 1 N–H and O–H groups in total. The van der Waals surface area contributed by atoms with Gasteiger partial charge in [-0.1, -0.05) is 30.3 Å². The molecule has 1 aromatic carbocycles. The second-order valence-electron chi connectivity index (χ2n) is 11.0. The van der Waals surface area contributed by atoms with Crippen molar-refractivity contribution in [1.82, 2.24) is 4.90 Å². The predicted octanol–water partition coefficient (Wildman–Crippen LogP) is 3.17. The molecule has 9 nitrogen and oxygen atoms in total. The molecular weight excluding hydrogens is 454 g/mol. The highest BCUT2D eigenvalue weighted by molar-refractivity contribution is 5.81. The van der Waals surface area contributed by atoms with Crippen LogP contribution in [0.15, 0.2) is 30.3 Å². The molecule has 0 saturated carbocycles. The molecule has 3 aliphatic heterocycles. The molecule has 0 spiro atoms. The van der Waals surface area contributed by atoms with Gasteiger partial charge in [0.1, 0.15) is 24.0 Å². The number of rotatable bonds is 5. The summed E-state index contributed by atoms with van der Waals surface area (Å²) in [5.74, 6) is -0.680. The molecule has 3 aliphatic rings. The van der Waals surface area contributed by atoms with Crippen LogP contribution in [0.4, 0.5) is 4.79 Å². The number of amides is 1. The molecule has 35 heavy (non-hydrogen) atoms. The molecule has 0 aliphatic carbocycles. The van der Waals surface area contributed by atoms with E-state index in [9.17, 15) is 14.7 Å². The number of carbonyl (C=O) groups excluding carboxylic acids is 2. The van der Waals surface area contributed by atoms with Gasteiger partial charge in [0.25, 0.3) is 0 Å². The molecule has 5 atom stereocenters. The zero-order valence-corrected chi connectivity index (χ0v) is 21.2. The summed E-state index contributed by atoms with van der Waals surface area (Å²) >= 11 is 0. The van der Waals surface area contributed by atoms with Gasteiger partial charge in [0, 0.05) is 13.0 Å². The van der Waals surface area contributed by atoms with Gasteiger partial charge >= 0.3 is 12.1 Å². The summed E-state index contributed by atoms with van der Waals surface area (Å²) in [5.41, 5.74) is -2.68. The van der Waals surface area contributed by atoms with E-state index >= 15 is 0 Å². The maximum Gasteiger partial charge on any atom is 0.412 e. The van der Waals surface area contributed by atoms with Crippen molar-refractivity contribution in [3.8, 4) is 0 Å². The fourth-order valence-electron chi connectivity index (χ4n) is 5.08. The van der Waals surface area contributed by atoms with Crippen molar-refractivity contribution >= 4 is 12.1 Å². The van der Waals surface area contributed by atoms with E-state index in [1.807, 2.05) is 30.3 Å². The second kappa shape index (κ2) is 9.69. The number of hydrogen-bond acceptors (Lipinski definition) is 8. The van der Waals surface area contributed by atoms with Gasteiger partial charge in [-0.2, -0.15) is 0 Å². The van der Waals surface area contributed by atoms with E-state index in [0.717, 1.165) is 12.0 Å². The van der Waals surface area contributed by atoms with Gasteiger partial charge in [0.2, 0.25) is 0 Å². The normalized spacial score (nSPS) is 31.0. The number of nitrogens with zero attached hydrogens (tertiary/aromatic N) is 1. The number of benzene rings is 1. The molecule has 4 rings (SSSR count). The number of hydrogen-bond donors (Lipinski definition) is 1. The van der Waals surface area contributed by atoms with E-state index in [1.165, 1.54) is 4.90 Å². The highest BCUT2D eigenvalue weighted by Crippen LogP contribution is 2.44. The number of esters is 1. The van der Waals surface area contributed by atoms with Crippen molar-refractivity contribution in [3.63, 3.8) is 0 Å². The average Bonchev–Trinajstić information content (AvgIpc) is 3.34. The third-order valence-electron chi connectivity index (χ3n) is 6.76. The Bertz CT molecular complexity index is 898. The third-order valence-corrected chi connectivity index (χ3v) is 6.76. The minimum Gasteiger partial charge on any atom is -0.459 e. The summed E-state index contributed by atoms with van der Waals surface area (Å²) in [6.45, 7) is 9.38. The Balaban J connectivity index is 1.62. The van der Waals surface area contributed by atoms with Gasteiger partial charge in [-0.25, -0.2) is 9.59 Å². The van der Waals surface area contributed by atoms with E-state index in [-0.39, 0.29) is 31.8 Å². The predicted molar refractivity (Wildman–Crippen MR) is 125 cm³/mol. The Morgan fingerprint density at radius 3 is 2.57 bits per heavy atom. The first-order valence-electron chi connectivity index (χ1n) is 12.3. The third kappa shape index (κ3) is 5.33. The molecule has 1 amide bonds. The van der Waals surface area contributed by atoms with Crippen LogP contribution in [0.1, 0.15) is 59.4 Å². The summed E-state index contributed by atoms with van der Waals surface area (Å²) < 4.78 is 29.3. The maximum atomic E-state index is 13.6. The van der Waals surface area contributed by atoms with Crippen LogP contribution < -0.4 is 0 Å². The second-order valence-corrected chi connectivity index (χ2v) is 11.0. The molecule has 0 aromatic heterocycles. The summed E-state index contributed by atoms with van der Waals surface area (Å²) in [4.78, 5) is 28.1. The van der Waals surface area contributed by atoms with E-state index in [0.29, 0.717) is 13.0 Å². The van der Waals surface area contributed by atoms with Crippen molar-refractivity contribution in [3.05, 3.63) is 35.9 Å². The number of aliphatic hydroxyl groups is 1. The van der Waals surface area contributed by atoms with E-state index in [2.05, 4.69) is 0 Å². The fraction of sp³-hybridized carbons (Fsp3) is 0.692. The van der Waals surface area contributed by atoms with Crippen LogP contribution >= 0.6 is 0 Å². The molecule has 3 fully saturated rings. The van der Waals surface area contributed by atoms with Crippen LogP contribution in [0.3, 0.4) is 0 Å². The maximum absolute atomic E-state index is 13.6. The minimum atomic E-state index is -1.71. The first-order chi connectivity index (χ1) is 16.4. The zero-order chi connectivity index (χ0) is 25.4. The molecule has 3 saturated heterocycles. The number of carbonyl (C=O) groups is 2. The minimum absolute atomic E-state index is 0.0146. The highest BCUT2D eigenvalue weighted by Gasteiger charge is 2.63. The van der Waals surface area contributed by atoms with Gasteiger partial charge in [-0.15, -0.1) is 0 Å². The monoisotopic (exact) mass is 491 g/mol. The smallest absolute Gasteiger partial charge is 0.412 e. The Kier molecular flexibility index (Phi) is 7.16. The summed E-state index contributed by atoms with van der Waals surface area (Å²) in [5, 5.41) is 11.8. The lowest BCUT2D eigenvalue weighted by atomic mass is 9.86. The standard InChI is InChI=1S/C26H37NO8/c1-24(2,3)35-23(30)27-18(16-33-25(27,4)5)21(28)26(14-20-19(34-26)12-9-13-31-20)22(29)32-15-17-10-7-6-8-11-17/h6-8,10-11,18-21,28H,9,12-16H2,1-5H3/t18-,19-,20-,21?,26-/m1/s1. The van der Waals surface area contributed by atoms with Crippen molar-refractivity contribution in [2.75, 3.05) is 13.2 Å². The molecule has 0 bridgehead atoms. The largest absolute Gasteiger partial charge is 0.459 e. The van der Waals surface area contributed by atoms with Crippen LogP contribution in [-0.4, -0.2) is 76.6 Å². The van der Waals surface area contributed by atoms with Gasteiger partial charge in [0.05, 0.1) is 24.9 Å². The Morgan fingerprint density at radius 2 is 1.91 bits per heavy atom. The van der Waals surface area contributed by atoms with E-state index in [1.54, 1.807) is 34.6 Å². The zero-order valence-electron chi connectivity index (χ0n) is 21.2. The van der Waals surface area contributed by atoms with Crippen molar-refractivity contribution < 1.29 is 38.4 Å². The van der Waals surface area contributed by atoms with Gasteiger partial charge in [-0.3, -0.25) is 4.90 Å². The van der Waals surface area contributed by atoms with Crippen LogP contribution in [0.2, 0.25) is 0 Å². The lowest BCUT2D eigenvalue weighted by Gasteiger charge is -2.40. The topological polar surface area (TPSA) is 104 Å². The summed E-state index contributed by atoms with van der Waals surface area (Å²) in [7, 11) is 0. The van der Waals surface area contributed by atoms with Crippen LogP contribution in [0.25, 0.3) is 0 Å². The van der Waals surface area contributed by atoms with Crippen molar-refractivity contribution in [2.24, 2.45) is 0 Å². The van der Waals surface area contributed by atoms with Gasteiger partial charge in [0.15, 0.2) is 5.60 Å². The summed E-state index contributed by atoms with van der Waals surface area (Å²) in [6.07, 6.45) is -1.09. The highest BCUT2D eigenvalue weighted by atomic mass is 16.6. The van der Waals surface area contributed by atoms with Gasteiger partial charge < -0.3 is 28.8 Å². The Hall–Kier alpha value is -2.20. The lowest BCUT2D eigenvalue weighted by molar-refractivity contribution is -0.195.